The van der Waals surface area contributed by atoms with Gasteiger partial charge in [-0.1, -0.05) is 6.07 Å². The van der Waals surface area contributed by atoms with E-state index in [0.29, 0.717) is 5.69 Å². The molecule has 0 unspecified atom stereocenters. The van der Waals surface area contributed by atoms with Crippen molar-refractivity contribution in [2.45, 2.75) is 11.4 Å². The lowest BCUT2D eigenvalue weighted by atomic mass is 10.3. The van der Waals surface area contributed by atoms with Gasteiger partial charge in [-0.3, -0.25) is 0 Å². The lowest BCUT2D eigenvalue weighted by Crippen LogP contribution is -2.25. The molecule has 3 aromatic rings. The first-order valence-corrected chi connectivity index (χ1v) is 8.22. The summed E-state index contributed by atoms with van der Waals surface area (Å²) in [5.41, 5.74) is 0.357. The van der Waals surface area contributed by atoms with Crippen LogP contribution in [-0.4, -0.2) is 28.6 Å². The molecule has 124 valence electrons. The summed E-state index contributed by atoms with van der Waals surface area (Å²) in [6, 6.07) is 9.94. The molecule has 7 nitrogen and oxygen atoms in total. The molecule has 0 aliphatic carbocycles. The predicted octanol–water partition coefficient (Wildman–Crippen LogP) is 1.42. The molecule has 0 atom stereocenters. The van der Waals surface area contributed by atoms with Crippen molar-refractivity contribution in [1.82, 2.24) is 24.9 Å². The van der Waals surface area contributed by atoms with Gasteiger partial charge in [-0.2, -0.15) is 4.68 Å². The zero-order chi connectivity index (χ0) is 17.2. The Bertz CT molecular complexity index is 957. The number of halogens is 2. The third-order valence-corrected chi connectivity index (χ3v) is 4.55. The maximum atomic E-state index is 13.3. The number of aromatic nitrogens is 4. The summed E-state index contributed by atoms with van der Waals surface area (Å²) in [4.78, 5) is -0.0892. The quantitative estimate of drug-likeness (QED) is 0.751. The van der Waals surface area contributed by atoms with Crippen LogP contribution in [0.25, 0.3) is 5.69 Å². The molecule has 0 fully saturated rings. The third-order valence-electron chi connectivity index (χ3n) is 3.13. The molecule has 0 bridgehead atoms. The Morgan fingerprint density at radius 2 is 1.79 bits per heavy atom. The van der Waals surface area contributed by atoms with E-state index in [1.807, 2.05) is 0 Å². The van der Waals surface area contributed by atoms with Crippen LogP contribution in [0.5, 0.6) is 0 Å². The maximum Gasteiger partial charge on any atom is 0.240 e. The second-order valence-corrected chi connectivity index (χ2v) is 6.53. The highest BCUT2D eigenvalue weighted by Crippen LogP contribution is 2.12. The number of hydrogen-bond donors (Lipinski definition) is 1. The van der Waals surface area contributed by atoms with E-state index in [1.165, 1.54) is 22.9 Å². The minimum atomic E-state index is -3.86. The zero-order valence-corrected chi connectivity index (χ0v) is 12.9. The van der Waals surface area contributed by atoms with Gasteiger partial charge in [0, 0.05) is 0 Å². The van der Waals surface area contributed by atoms with Crippen LogP contribution in [0.1, 0.15) is 5.82 Å². The van der Waals surface area contributed by atoms with Crippen molar-refractivity contribution in [3.63, 3.8) is 0 Å². The van der Waals surface area contributed by atoms with Crippen molar-refractivity contribution in [3.8, 4) is 5.69 Å². The Kier molecular flexibility index (Phi) is 4.32. The fraction of sp³-hybridized carbons (Fsp3) is 0.0714. The van der Waals surface area contributed by atoms with Crippen LogP contribution in [0.2, 0.25) is 0 Å². The lowest BCUT2D eigenvalue weighted by molar-refractivity contribution is 0.576. The first kappa shape index (κ1) is 16.1. The molecule has 0 aliphatic rings. The molecule has 0 saturated heterocycles. The van der Waals surface area contributed by atoms with Gasteiger partial charge in [0.25, 0.3) is 0 Å². The number of tetrazole rings is 1. The fourth-order valence-electron chi connectivity index (χ4n) is 1.98. The van der Waals surface area contributed by atoms with Gasteiger partial charge in [-0.05, 0) is 52.9 Å². The van der Waals surface area contributed by atoms with E-state index in [4.69, 9.17) is 0 Å². The maximum absolute atomic E-state index is 13.3. The molecule has 0 saturated carbocycles. The standard InChI is InChI=1S/C14H11F2N5O2S/c15-10-4-6-13(7-5-10)24(22,23)17-9-14-18-19-20-21(14)12-3-1-2-11(16)8-12/h1-8,17H,9H2. The topological polar surface area (TPSA) is 89.8 Å². The van der Waals surface area contributed by atoms with E-state index in [2.05, 4.69) is 20.2 Å². The predicted molar refractivity (Wildman–Crippen MR) is 79.5 cm³/mol. The number of sulfonamides is 1. The van der Waals surface area contributed by atoms with Gasteiger partial charge in [-0.15, -0.1) is 5.10 Å². The molecular weight excluding hydrogens is 340 g/mol. The van der Waals surface area contributed by atoms with Crippen LogP contribution in [0.4, 0.5) is 8.78 Å². The second-order valence-electron chi connectivity index (χ2n) is 4.77. The lowest BCUT2D eigenvalue weighted by Gasteiger charge is -2.07. The molecule has 24 heavy (non-hydrogen) atoms. The molecule has 0 radical (unpaired) electrons. The zero-order valence-electron chi connectivity index (χ0n) is 12.1. The minimum Gasteiger partial charge on any atom is -0.207 e. The molecule has 3 rings (SSSR count). The summed E-state index contributed by atoms with van der Waals surface area (Å²) >= 11 is 0. The third kappa shape index (κ3) is 3.44. The first-order valence-electron chi connectivity index (χ1n) is 6.74. The van der Waals surface area contributed by atoms with Crippen molar-refractivity contribution in [2.24, 2.45) is 0 Å². The number of nitrogens with zero attached hydrogens (tertiary/aromatic N) is 4. The van der Waals surface area contributed by atoms with Crippen LogP contribution in [0.3, 0.4) is 0 Å². The smallest absolute Gasteiger partial charge is 0.207 e. The van der Waals surface area contributed by atoms with Crippen molar-refractivity contribution in [1.29, 1.82) is 0 Å². The van der Waals surface area contributed by atoms with E-state index in [0.717, 1.165) is 24.3 Å². The van der Waals surface area contributed by atoms with Gasteiger partial charge in [0.15, 0.2) is 5.82 Å². The summed E-state index contributed by atoms with van der Waals surface area (Å²) in [7, 11) is -3.86. The Hall–Kier alpha value is -2.72. The van der Waals surface area contributed by atoms with Crippen molar-refractivity contribution in [3.05, 3.63) is 66.0 Å². The SMILES string of the molecule is O=S(=O)(NCc1nnnn1-c1cccc(F)c1)c1ccc(F)cc1. The average Bonchev–Trinajstić information content (AvgIpc) is 3.02. The summed E-state index contributed by atoms with van der Waals surface area (Å²) in [6.45, 7) is -0.219. The molecule has 1 aromatic heterocycles. The fourth-order valence-corrected chi connectivity index (χ4v) is 2.96. The van der Waals surface area contributed by atoms with Gasteiger partial charge in [0.05, 0.1) is 17.1 Å². The second kappa shape index (κ2) is 6.42. The van der Waals surface area contributed by atoms with E-state index in [9.17, 15) is 17.2 Å². The molecule has 10 heteroatoms. The molecule has 1 N–H and O–H groups in total. The Morgan fingerprint density at radius 3 is 2.50 bits per heavy atom. The Balaban J connectivity index is 1.81. The Morgan fingerprint density at radius 1 is 1.04 bits per heavy atom. The summed E-state index contributed by atoms with van der Waals surface area (Å²) < 4.78 is 54.0. The van der Waals surface area contributed by atoms with Gasteiger partial charge < -0.3 is 0 Å². The van der Waals surface area contributed by atoms with E-state index in [1.54, 1.807) is 6.07 Å². The molecule has 0 amide bonds. The summed E-state index contributed by atoms with van der Waals surface area (Å²) in [6.07, 6.45) is 0. The monoisotopic (exact) mass is 351 g/mol. The highest BCUT2D eigenvalue weighted by atomic mass is 32.2. The van der Waals surface area contributed by atoms with Gasteiger partial charge in [0.1, 0.15) is 11.6 Å². The minimum absolute atomic E-state index is 0.0892. The largest absolute Gasteiger partial charge is 0.240 e. The van der Waals surface area contributed by atoms with Crippen LogP contribution >= 0.6 is 0 Å². The molecule has 0 aliphatic heterocycles. The van der Waals surface area contributed by atoms with E-state index >= 15 is 0 Å². The van der Waals surface area contributed by atoms with E-state index < -0.39 is 21.7 Å². The number of rotatable bonds is 5. The number of nitrogens with one attached hydrogen (secondary N) is 1. The van der Waals surface area contributed by atoms with Crippen LogP contribution in [0.15, 0.2) is 53.4 Å². The van der Waals surface area contributed by atoms with Crippen molar-refractivity contribution < 1.29 is 17.2 Å². The highest BCUT2D eigenvalue weighted by molar-refractivity contribution is 7.89. The number of benzene rings is 2. The molecule has 0 spiro atoms. The highest BCUT2D eigenvalue weighted by Gasteiger charge is 2.16. The van der Waals surface area contributed by atoms with Gasteiger partial charge in [0.2, 0.25) is 10.0 Å². The normalized spacial score (nSPS) is 11.6. The molecule has 1 heterocycles. The first-order chi connectivity index (χ1) is 11.5. The summed E-state index contributed by atoms with van der Waals surface area (Å²) in [5, 5.41) is 10.9. The van der Waals surface area contributed by atoms with Crippen molar-refractivity contribution in [2.75, 3.05) is 0 Å². The van der Waals surface area contributed by atoms with Crippen LogP contribution in [-0.2, 0) is 16.6 Å². The van der Waals surface area contributed by atoms with Gasteiger partial charge in [-0.25, -0.2) is 21.9 Å². The van der Waals surface area contributed by atoms with Gasteiger partial charge >= 0.3 is 0 Å². The molecule has 2 aromatic carbocycles. The average molecular weight is 351 g/mol. The Labute approximate surface area is 136 Å². The van der Waals surface area contributed by atoms with Crippen LogP contribution in [0, 0.1) is 11.6 Å². The van der Waals surface area contributed by atoms with E-state index in [-0.39, 0.29) is 17.3 Å². The van der Waals surface area contributed by atoms with Crippen molar-refractivity contribution >= 4 is 10.0 Å². The number of hydrogen-bond acceptors (Lipinski definition) is 5. The van der Waals surface area contributed by atoms with Crippen LogP contribution < -0.4 is 4.72 Å². The summed E-state index contributed by atoms with van der Waals surface area (Å²) in [5.74, 6) is -0.837. The molecular formula is C14H11F2N5O2S.